The number of esters is 1. The summed E-state index contributed by atoms with van der Waals surface area (Å²) >= 11 is 0. The van der Waals surface area contributed by atoms with E-state index in [1.54, 1.807) is 25.3 Å². The zero-order valence-corrected chi connectivity index (χ0v) is 18.5. The van der Waals surface area contributed by atoms with E-state index in [1.807, 2.05) is 4.57 Å². The number of anilines is 3. The Hall–Kier alpha value is -3.82. The molecule has 0 atom stereocenters. The summed E-state index contributed by atoms with van der Waals surface area (Å²) in [5, 5.41) is 6.26. The molecule has 174 valence electrons. The summed E-state index contributed by atoms with van der Waals surface area (Å²) in [4.78, 5) is 28.4. The lowest BCUT2D eigenvalue weighted by Crippen LogP contribution is -2.18. The van der Waals surface area contributed by atoms with Crippen LogP contribution in [0.5, 0.6) is 5.75 Å². The van der Waals surface area contributed by atoms with E-state index in [2.05, 4.69) is 15.6 Å². The molecule has 1 aromatic carbocycles. The highest BCUT2D eigenvalue weighted by molar-refractivity contribution is 6.00. The van der Waals surface area contributed by atoms with E-state index < -0.39 is 11.8 Å². The highest BCUT2D eigenvalue weighted by atomic mass is 19.1. The van der Waals surface area contributed by atoms with Crippen molar-refractivity contribution in [3.63, 3.8) is 0 Å². The first kappa shape index (κ1) is 22.4. The predicted molar refractivity (Wildman–Crippen MR) is 125 cm³/mol. The van der Waals surface area contributed by atoms with Crippen LogP contribution in [0, 0.1) is 5.82 Å². The van der Waals surface area contributed by atoms with Crippen LogP contribution in [0.15, 0.2) is 35.4 Å². The minimum atomic E-state index is -0.720. The lowest BCUT2D eigenvalue weighted by Gasteiger charge is -2.20. The van der Waals surface area contributed by atoms with E-state index >= 15 is 4.39 Å². The van der Waals surface area contributed by atoms with Gasteiger partial charge in [-0.15, -0.1) is 0 Å². The molecule has 33 heavy (non-hydrogen) atoms. The number of nitrogens with two attached hydrogens (primary N) is 1. The van der Waals surface area contributed by atoms with Gasteiger partial charge in [-0.1, -0.05) is 0 Å². The van der Waals surface area contributed by atoms with Gasteiger partial charge in [-0.3, -0.25) is 4.79 Å². The summed E-state index contributed by atoms with van der Waals surface area (Å²) < 4.78 is 27.6. The molecule has 1 saturated carbocycles. The molecule has 2 heterocycles. The van der Waals surface area contributed by atoms with Gasteiger partial charge in [0.15, 0.2) is 17.0 Å². The van der Waals surface area contributed by atoms with Crippen LogP contribution in [-0.2, 0) is 4.74 Å². The molecular formula is C23H26FN5O4. The van der Waals surface area contributed by atoms with Gasteiger partial charge in [-0.2, -0.15) is 0 Å². The summed E-state index contributed by atoms with van der Waals surface area (Å²) in [5.74, 6) is -0.350. The number of methoxy groups -OCH3 is 1. The average molecular weight is 455 g/mol. The normalized spacial score (nSPS) is 13.1. The van der Waals surface area contributed by atoms with Gasteiger partial charge in [-0.25, -0.2) is 14.2 Å². The molecule has 1 aliphatic carbocycles. The number of benzene rings is 1. The summed E-state index contributed by atoms with van der Waals surface area (Å²) in [6, 6.07) is 4.93. The second-order valence-corrected chi connectivity index (χ2v) is 7.68. The first-order chi connectivity index (χ1) is 16.0. The van der Waals surface area contributed by atoms with Crippen molar-refractivity contribution < 1.29 is 18.7 Å². The Morgan fingerprint density at radius 2 is 2.03 bits per heavy atom. The largest absolute Gasteiger partial charge is 0.492 e. The van der Waals surface area contributed by atoms with Crippen LogP contribution in [0.1, 0.15) is 36.2 Å². The van der Waals surface area contributed by atoms with Crippen LogP contribution in [-0.4, -0.2) is 42.3 Å². The minimum absolute atomic E-state index is 0.106. The lowest BCUT2D eigenvalue weighted by molar-refractivity contribution is 0.0526. The first-order valence-electron chi connectivity index (χ1n) is 10.8. The molecule has 1 fully saturated rings. The third-order valence-corrected chi connectivity index (χ3v) is 5.45. The van der Waals surface area contributed by atoms with Gasteiger partial charge in [0.25, 0.3) is 0 Å². The van der Waals surface area contributed by atoms with E-state index in [-0.39, 0.29) is 34.0 Å². The number of ether oxygens (including phenoxy) is 2. The highest BCUT2D eigenvalue weighted by Crippen LogP contribution is 2.44. The number of hydrogen-bond donors (Lipinski definition) is 3. The standard InChI is InChI=1S/C23H26FN5O4/c1-3-33-23(31)13-4-7-16(28-12-13)26-9-10-27-20-18(24)19(25)17-15(30)8-11-29(14-5-6-14)21(17)22(20)32-2/h4,7-8,11-12,14,27H,3,5-6,9-10,25H2,1-2H3,(H,26,28). The fraction of sp³-hybridized carbons (Fsp3) is 0.348. The molecule has 9 nitrogen and oxygen atoms in total. The number of carbonyl (C=O) groups is 1. The number of hydrogen-bond acceptors (Lipinski definition) is 8. The Bertz CT molecular complexity index is 1240. The smallest absolute Gasteiger partial charge is 0.339 e. The Balaban J connectivity index is 1.52. The van der Waals surface area contributed by atoms with Gasteiger partial charge in [-0.05, 0) is 31.9 Å². The molecule has 0 spiro atoms. The maximum Gasteiger partial charge on any atom is 0.339 e. The maximum atomic E-state index is 15.1. The van der Waals surface area contributed by atoms with Crippen molar-refractivity contribution in [3.8, 4) is 5.75 Å². The van der Waals surface area contributed by atoms with Crippen molar-refractivity contribution in [2.24, 2.45) is 0 Å². The van der Waals surface area contributed by atoms with E-state index in [9.17, 15) is 9.59 Å². The molecule has 0 bridgehead atoms. The van der Waals surface area contributed by atoms with Crippen LogP contribution >= 0.6 is 0 Å². The molecule has 4 N–H and O–H groups in total. The van der Waals surface area contributed by atoms with E-state index in [1.165, 1.54) is 19.4 Å². The van der Waals surface area contributed by atoms with Crippen molar-refractivity contribution in [2.75, 3.05) is 43.2 Å². The minimum Gasteiger partial charge on any atom is -0.492 e. The molecule has 0 radical (unpaired) electrons. The van der Waals surface area contributed by atoms with Gasteiger partial charge in [0.2, 0.25) is 0 Å². The number of nitrogens with zero attached hydrogens (tertiary/aromatic N) is 2. The zero-order valence-electron chi connectivity index (χ0n) is 18.5. The number of nitrogens with one attached hydrogen (secondary N) is 2. The molecule has 0 saturated heterocycles. The van der Waals surface area contributed by atoms with Crippen LogP contribution in [0.25, 0.3) is 10.9 Å². The topological polar surface area (TPSA) is 120 Å². The number of aromatic nitrogens is 2. The third-order valence-electron chi connectivity index (χ3n) is 5.45. The monoisotopic (exact) mass is 455 g/mol. The molecule has 3 aromatic rings. The average Bonchev–Trinajstić information content (AvgIpc) is 3.65. The summed E-state index contributed by atoms with van der Waals surface area (Å²) in [7, 11) is 1.44. The molecule has 10 heteroatoms. The molecular weight excluding hydrogens is 429 g/mol. The Labute approximate surface area is 189 Å². The van der Waals surface area contributed by atoms with Crippen molar-refractivity contribution in [2.45, 2.75) is 25.8 Å². The van der Waals surface area contributed by atoms with Crippen LogP contribution in [0.2, 0.25) is 0 Å². The fourth-order valence-corrected chi connectivity index (χ4v) is 3.73. The molecule has 4 rings (SSSR count). The maximum absolute atomic E-state index is 15.1. The summed E-state index contributed by atoms with van der Waals surface area (Å²) in [5.41, 5.74) is 6.47. The van der Waals surface area contributed by atoms with Crippen LogP contribution in [0.4, 0.5) is 21.6 Å². The number of nitrogen functional groups attached to an aromatic ring is 1. The molecule has 0 aliphatic heterocycles. The third kappa shape index (κ3) is 4.41. The Kier molecular flexibility index (Phi) is 6.34. The van der Waals surface area contributed by atoms with Crippen molar-refractivity contribution in [1.82, 2.24) is 9.55 Å². The highest BCUT2D eigenvalue weighted by Gasteiger charge is 2.29. The van der Waals surface area contributed by atoms with Crippen LogP contribution in [0.3, 0.4) is 0 Å². The number of pyridine rings is 2. The Morgan fingerprint density at radius 1 is 1.27 bits per heavy atom. The molecule has 2 aromatic heterocycles. The summed E-state index contributed by atoms with van der Waals surface area (Å²) in [6.45, 7) is 2.75. The van der Waals surface area contributed by atoms with Crippen molar-refractivity contribution >= 4 is 34.1 Å². The first-order valence-corrected chi connectivity index (χ1v) is 10.8. The van der Waals surface area contributed by atoms with Crippen LogP contribution < -0.4 is 26.5 Å². The van der Waals surface area contributed by atoms with Gasteiger partial charge in [0.1, 0.15) is 11.5 Å². The molecule has 1 aliphatic rings. The number of carbonyl (C=O) groups excluding carboxylic acids is 1. The molecule has 0 amide bonds. The Morgan fingerprint density at radius 3 is 2.67 bits per heavy atom. The van der Waals surface area contributed by atoms with Gasteiger partial charge >= 0.3 is 5.97 Å². The quantitative estimate of drug-likeness (QED) is 0.256. The van der Waals surface area contributed by atoms with Gasteiger partial charge in [0, 0.05) is 37.6 Å². The number of halogens is 1. The fourth-order valence-electron chi connectivity index (χ4n) is 3.73. The number of fused-ring (bicyclic) bond motifs is 1. The second-order valence-electron chi connectivity index (χ2n) is 7.68. The van der Waals surface area contributed by atoms with E-state index in [0.717, 1.165) is 12.8 Å². The van der Waals surface area contributed by atoms with E-state index in [0.29, 0.717) is 36.6 Å². The van der Waals surface area contributed by atoms with E-state index in [4.69, 9.17) is 15.2 Å². The predicted octanol–water partition coefficient (Wildman–Crippen LogP) is 3.16. The summed E-state index contributed by atoms with van der Waals surface area (Å²) in [6.07, 6.45) is 5.09. The van der Waals surface area contributed by atoms with Crippen molar-refractivity contribution in [1.29, 1.82) is 0 Å². The number of rotatable bonds is 9. The van der Waals surface area contributed by atoms with Gasteiger partial charge in [0.05, 0.1) is 35.9 Å². The zero-order chi connectivity index (χ0) is 23.5. The lowest BCUT2D eigenvalue weighted by atomic mass is 10.1. The van der Waals surface area contributed by atoms with Crippen molar-refractivity contribution in [3.05, 3.63) is 52.2 Å². The SMILES string of the molecule is CCOC(=O)c1ccc(NCCNc2c(F)c(N)c3c(=O)ccn(C4CC4)c3c2OC)nc1. The van der Waals surface area contributed by atoms with Gasteiger partial charge < -0.3 is 30.4 Å². The second kappa shape index (κ2) is 9.35. The molecule has 0 unspecified atom stereocenters.